The van der Waals surface area contributed by atoms with E-state index >= 15 is 0 Å². The summed E-state index contributed by atoms with van der Waals surface area (Å²) in [6.45, 7) is 2.47. The number of hydrogen-bond acceptors (Lipinski definition) is 2. The van der Waals surface area contributed by atoms with Crippen molar-refractivity contribution >= 4 is 35.0 Å². The van der Waals surface area contributed by atoms with Crippen LogP contribution < -0.4 is 10.6 Å². The molecule has 2 amide bonds. The number of rotatable bonds is 5. The summed E-state index contributed by atoms with van der Waals surface area (Å²) in [4.78, 5) is 20.4. The van der Waals surface area contributed by atoms with Crippen LogP contribution in [0.15, 0.2) is 0 Å². The predicted octanol–water partition coefficient (Wildman–Crippen LogP) is 0.432. The second-order valence-electron chi connectivity index (χ2n) is 2.30. The van der Waals surface area contributed by atoms with Gasteiger partial charge in [0.1, 0.15) is 0 Å². The minimum Gasteiger partial charge on any atom is -0.354 e. The van der Waals surface area contributed by atoms with Crippen molar-refractivity contribution in [1.29, 1.82) is 0 Å². The van der Waals surface area contributed by atoms with Crippen molar-refractivity contribution in [1.82, 2.24) is 10.6 Å². The highest BCUT2D eigenvalue weighted by Gasteiger charge is 2.09. The molecule has 4 nitrogen and oxygen atoms in total. The van der Waals surface area contributed by atoms with E-state index in [2.05, 4.69) is 10.6 Å². The Balaban J connectivity index is 3.36. The van der Waals surface area contributed by atoms with E-state index in [0.717, 1.165) is 0 Å². The molecular formula is C7H12Cl2N2O2. The highest BCUT2D eigenvalue weighted by molar-refractivity contribution is 6.53. The van der Waals surface area contributed by atoms with E-state index < -0.39 is 10.7 Å². The molecule has 0 aliphatic heterocycles. The topological polar surface area (TPSA) is 58.2 Å². The minimum absolute atomic E-state index is 0.0532. The molecule has 0 heterocycles. The Hall–Kier alpha value is -0.480. The summed E-state index contributed by atoms with van der Waals surface area (Å²) in [5.74, 6) is -0.503. The Morgan fingerprint density at radius 1 is 1.23 bits per heavy atom. The number of carbonyl (C=O) groups excluding carboxylic acids is 2. The Labute approximate surface area is 87.0 Å². The van der Waals surface area contributed by atoms with E-state index in [-0.39, 0.29) is 5.91 Å². The molecule has 0 unspecified atom stereocenters. The van der Waals surface area contributed by atoms with E-state index in [1.165, 1.54) is 0 Å². The lowest BCUT2D eigenvalue weighted by molar-refractivity contribution is -0.122. The van der Waals surface area contributed by atoms with Gasteiger partial charge in [0, 0.05) is 19.5 Å². The van der Waals surface area contributed by atoms with Gasteiger partial charge in [0.05, 0.1) is 0 Å². The van der Waals surface area contributed by atoms with Crippen LogP contribution in [0.1, 0.15) is 13.3 Å². The van der Waals surface area contributed by atoms with Crippen LogP contribution in [0.3, 0.4) is 0 Å². The maximum absolute atomic E-state index is 10.8. The van der Waals surface area contributed by atoms with Gasteiger partial charge in [0.15, 0.2) is 4.84 Å². The van der Waals surface area contributed by atoms with Crippen LogP contribution in [0.25, 0.3) is 0 Å². The molecular weight excluding hydrogens is 215 g/mol. The average Bonchev–Trinajstić information content (AvgIpc) is 2.11. The molecule has 0 saturated carbocycles. The van der Waals surface area contributed by atoms with Crippen molar-refractivity contribution in [2.24, 2.45) is 0 Å². The number of hydrogen-bond donors (Lipinski definition) is 2. The summed E-state index contributed by atoms with van der Waals surface area (Å²) in [7, 11) is 0. The largest absolute Gasteiger partial charge is 0.354 e. The SMILES string of the molecule is CCC(=O)NCCNC(=O)C(Cl)Cl. The quantitative estimate of drug-likeness (QED) is 0.528. The van der Waals surface area contributed by atoms with Gasteiger partial charge in [-0.25, -0.2) is 0 Å². The molecule has 0 saturated heterocycles. The first kappa shape index (κ1) is 12.5. The van der Waals surface area contributed by atoms with Gasteiger partial charge < -0.3 is 10.6 Å². The summed E-state index contributed by atoms with van der Waals surface area (Å²) >= 11 is 10.5. The minimum atomic E-state index is -1.05. The second kappa shape index (κ2) is 6.97. The molecule has 0 aliphatic rings. The lowest BCUT2D eigenvalue weighted by Crippen LogP contribution is -2.36. The molecule has 0 bridgehead atoms. The van der Waals surface area contributed by atoms with Crippen LogP contribution in [0.4, 0.5) is 0 Å². The third-order valence-corrected chi connectivity index (χ3v) is 1.66. The molecule has 0 aromatic rings. The molecule has 0 aromatic heterocycles. The van der Waals surface area contributed by atoms with E-state index in [0.29, 0.717) is 19.5 Å². The van der Waals surface area contributed by atoms with Crippen LogP contribution in [0, 0.1) is 0 Å². The summed E-state index contributed by atoms with van der Waals surface area (Å²) < 4.78 is 0. The Morgan fingerprint density at radius 2 is 1.77 bits per heavy atom. The van der Waals surface area contributed by atoms with Crippen molar-refractivity contribution in [3.8, 4) is 0 Å². The zero-order chi connectivity index (χ0) is 10.3. The van der Waals surface area contributed by atoms with Crippen molar-refractivity contribution in [3.63, 3.8) is 0 Å². The van der Waals surface area contributed by atoms with Crippen LogP contribution in [-0.4, -0.2) is 29.7 Å². The Bertz CT molecular complexity index is 185. The molecule has 0 fully saturated rings. The second-order valence-corrected chi connectivity index (χ2v) is 3.39. The average molecular weight is 227 g/mol. The zero-order valence-electron chi connectivity index (χ0n) is 7.27. The molecule has 6 heteroatoms. The van der Waals surface area contributed by atoms with Gasteiger partial charge in [-0.15, -0.1) is 0 Å². The van der Waals surface area contributed by atoms with Gasteiger partial charge in [0.2, 0.25) is 5.91 Å². The Kier molecular flexibility index (Phi) is 6.72. The molecule has 76 valence electrons. The van der Waals surface area contributed by atoms with Crippen molar-refractivity contribution in [2.45, 2.75) is 18.2 Å². The molecule has 0 radical (unpaired) electrons. The van der Waals surface area contributed by atoms with E-state index in [4.69, 9.17) is 23.2 Å². The maximum atomic E-state index is 10.8. The lowest BCUT2D eigenvalue weighted by atomic mass is 10.4. The number of carbonyl (C=O) groups is 2. The van der Waals surface area contributed by atoms with Gasteiger partial charge in [-0.3, -0.25) is 9.59 Å². The van der Waals surface area contributed by atoms with Gasteiger partial charge in [-0.1, -0.05) is 30.1 Å². The fourth-order valence-corrected chi connectivity index (χ4v) is 0.744. The van der Waals surface area contributed by atoms with Crippen LogP contribution in [0.2, 0.25) is 0 Å². The molecule has 2 N–H and O–H groups in total. The number of nitrogens with one attached hydrogen (secondary N) is 2. The first-order valence-electron chi connectivity index (χ1n) is 3.90. The van der Waals surface area contributed by atoms with Crippen molar-refractivity contribution < 1.29 is 9.59 Å². The molecule has 13 heavy (non-hydrogen) atoms. The zero-order valence-corrected chi connectivity index (χ0v) is 8.78. The maximum Gasteiger partial charge on any atom is 0.253 e. The monoisotopic (exact) mass is 226 g/mol. The van der Waals surface area contributed by atoms with Gasteiger partial charge >= 0.3 is 0 Å². The van der Waals surface area contributed by atoms with Crippen LogP contribution in [-0.2, 0) is 9.59 Å². The van der Waals surface area contributed by atoms with Crippen molar-refractivity contribution in [3.05, 3.63) is 0 Å². The Morgan fingerprint density at radius 3 is 2.23 bits per heavy atom. The smallest absolute Gasteiger partial charge is 0.253 e. The third-order valence-electron chi connectivity index (χ3n) is 1.27. The third kappa shape index (κ3) is 6.66. The molecule has 0 aromatic carbocycles. The highest BCUT2D eigenvalue weighted by atomic mass is 35.5. The van der Waals surface area contributed by atoms with E-state index in [1.807, 2.05) is 0 Å². The number of amides is 2. The molecule has 0 spiro atoms. The summed E-state index contributed by atoms with van der Waals surface area (Å²) in [6.07, 6.45) is 0.432. The first-order chi connectivity index (χ1) is 6.07. The standard InChI is InChI=1S/C7H12Cl2N2O2/c1-2-5(12)10-3-4-11-7(13)6(8)9/h6H,2-4H2,1H3,(H,10,12)(H,11,13). The number of alkyl halides is 2. The van der Waals surface area contributed by atoms with E-state index in [9.17, 15) is 9.59 Å². The lowest BCUT2D eigenvalue weighted by Gasteiger charge is -2.05. The van der Waals surface area contributed by atoms with Crippen LogP contribution in [0.5, 0.6) is 0 Å². The first-order valence-corrected chi connectivity index (χ1v) is 4.77. The van der Waals surface area contributed by atoms with E-state index in [1.54, 1.807) is 6.92 Å². The molecule has 0 atom stereocenters. The fraction of sp³-hybridized carbons (Fsp3) is 0.714. The fourth-order valence-electron chi connectivity index (χ4n) is 0.590. The number of halogens is 2. The molecule has 0 aliphatic carbocycles. The normalized spacial score (nSPS) is 9.85. The van der Waals surface area contributed by atoms with Crippen molar-refractivity contribution in [2.75, 3.05) is 13.1 Å². The van der Waals surface area contributed by atoms with Gasteiger partial charge in [-0.05, 0) is 0 Å². The van der Waals surface area contributed by atoms with Gasteiger partial charge in [-0.2, -0.15) is 0 Å². The van der Waals surface area contributed by atoms with Gasteiger partial charge in [0.25, 0.3) is 5.91 Å². The summed E-state index contributed by atoms with van der Waals surface area (Å²) in [6, 6.07) is 0. The predicted molar refractivity (Wildman–Crippen MR) is 51.8 cm³/mol. The molecule has 0 rings (SSSR count). The summed E-state index contributed by atoms with van der Waals surface area (Å²) in [5.41, 5.74) is 0. The summed E-state index contributed by atoms with van der Waals surface area (Å²) in [5, 5.41) is 5.03. The highest BCUT2D eigenvalue weighted by Crippen LogP contribution is 1.99. The van der Waals surface area contributed by atoms with Crippen LogP contribution >= 0.6 is 23.2 Å².